The van der Waals surface area contributed by atoms with Crippen molar-refractivity contribution >= 4 is 54.8 Å². The molecule has 142 valence electrons. The Morgan fingerprint density at radius 1 is 1.07 bits per heavy atom. The van der Waals surface area contributed by atoms with Crippen LogP contribution < -0.4 is 4.72 Å². The van der Waals surface area contributed by atoms with Gasteiger partial charge in [0.15, 0.2) is 0 Å². The van der Waals surface area contributed by atoms with Gasteiger partial charge in [-0.3, -0.25) is 24.2 Å². The molecule has 1 aliphatic heterocycles. The fraction of sp³-hybridized carbons (Fsp3) is 0.0556. The van der Waals surface area contributed by atoms with Crippen LogP contribution in [0, 0.1) is 0 Å². The van der Waals surface area contributed by atoms with Crippen molar-refractivity contribution in [1.29, 1.82) is 0 Å². The Balaban J connectivity index is 1.54. The zero-order valence-electron chi connectivity index (χ0n) is 14.1. The molecule has 0 saturated heterocycles. The lowest BCUT2D eigenvalue weighted by Gasteiger charge is -2.11. The molecule has 0 unspecified atom stereocenters. The molecule has 0 bridgehead atoms. The Bertz CT molecular complexity index is 1170. The molecule has 0 fully saturated rings. The fourth-order valence-electron chi connectivity index (χ4n) is 2.76. The fourth-order valence-corrected chi connectivity index (χ4v) is 5.55. The molecule has 4 rings (SSSR count). The third-order valence-electron chi connectivity index (χ3n) is 4.02. The van der Waals surface area contributed by atoms with Crippen LogP contribution in [0.3, 0.4) is 0 Å². The van der Waals surface area contributed by atoms with E-state index in [4.69, 9.17) is 0 Å². The Hall–Kier alpha value is -2.56. The molecule has 7 nitrogen and oxygen atoms in total. The van der Waals surface area contributed by atoms with Crippen LogP contribution in [0.5, 0.6) is 0 Å². The summed E-state index contributed by atoms with van der Waals surface area (Å²) in [4.78, 5) is 30.4. The van der Waals surface area contributed by atoms with Crippen LogP contribution in [0.4, 0.5) is 5.69 Å². The highest BCUT2D eigenvalue weighted by Gasteiger charge is 2.36. The van der Waals surface area contributed by atoms with Crippen LogP contribution in [-0.4, -0.2) is 30.1 Å². The number of anilines is 1. The largest absolute Gasteiger partial charge is 0.280 e. The molecule has 28 heavy (non-hydrogen) atoms. The third-order valence-corrected chi connectivity index (χ3v) is 7.46. The number of sulfonamides is 1. The number of hydrogen-bond acceptors (Lipinski definition) is 6. The van der Waals surface area contributed by atoms with E-state index in [1.807, 2.05) is 0 Å². The third kappa shape index (κ3) is 3.46. The number of benzene rings is 1. The van der Waals surface area contributed by atoms with Crippen molar-refractivity contribution in [3.05, 3.63) is 75.3 Å². The van der Waals surface area contributed by atoms with Crippen LogP contribution in [0.25, 0.3) is 0 Å². The molecule has 2 amide bonds. The van der Waals surface area contributed by atoms with E-state index in [1.165, 1.54) is 12.3 Å². The minimum absolute atomic E-state index is 0.00883. The van der Waals surface area contributed by atoms with E-state index in [0.29, 0.717) is 10.6 Å². The van der Waals surface area contributed by atoms with Gasteiger partial charge >= 0.3 is 0 Å². The van der Waals surface area contributed by atoms with Gasteiger partial charge < -0.3 is 0 Å². The summed E-state index contributed by atoms with van der Waals surface area (Å²) in [5.41, 5.74) is 0.803. The Kier molecular flexibility index (Phi) is 4.77. The van der Waals surface area contributed by atoms with E-state index in [9.17, 15) is 18.0 Å². The van der Waals surface area contributed by atoms with Gasteiger partial charge in [0.2, 0.25) is 0 Å². The van der Waals surface area contributed by atoms with E-state index in [0.717, 1.165) is 20.7 Å². The van der Waals surface area contributed by atoms with Crippen molar-refractivity contribution in [3.63, 3.8) is 0 Å². The molecule has 0 radical (unpaired) electrons. The SMILES string of the molecule is O=C1c2cccnc2C(=O)N1Cc1ccc(S(=O)(=O)Nc2cccc(Br)c2)s1. The quantitative estimate of drug-likeness (QED) is 0.567. The number of amides is 2. The molecular weight excluding hydrogens is 466 g/mol. The smallest absolute Gasteiger partial charge is 0.279 e. The summed E-state index contributed by atoms with van der Waals surface area (Å²) >= 11 is 4.30. The zero-order valence-corrected chi connectivity index (χ0v) is 17.3. The first-order valence-corrected chi connectivity index (χ1v) is 11.1. The maximum Gasteiger partial charge on any atom is 0.280 e. The second kappa shape index (κ2) is 7.12. The second-order valence-electron chi connectivity index (χ2n) is 5.93. The van der Waals surface area contributed by atoms with Gasteiger partial charge in [0.1, 0.15) is 9.90 Å². The topological polar surface area (TPSA) is 96.4 Å². The Labute approximate surface area is 173 Å². The van der Waals surface area contributed by atoms with Crippen LogP contribution in [-0.2, 0) is 16.6 Å². The van der Waals surface area contributed by atoms with Crippen LogP contribution in [0.2, 0.25) is 0 Å². The summed E-state index contributed by atoms with van der Waals surface area (Å²) < 4.78 is 28.5. The molecule has 0 spiro atoms. The van der Waals surface area contributed by atoms with E-state index >= 15 is 0 Å². The number of imide groups is 1. The highest BCUT2D eigenvalue weighted by atomic mass is 79.9. The van der Waals surface area contributed by atoms with Crippen LogP contribution in [0.1, 0.15) is 25.7 Å². The summed E-state index contributed by atoms with van der Waals surface area (Å²) in [7, 11) is -3.78. The number of nitrogens with zero attached hydrogens (tertiary/aromatic N) is 2. The number of rotatable bonds is 5. The van der Waals surface area contributed by atoms with Gasteiger partial charge in [-0.25, -0.2) is 8.42 Å². The number of thiophene rings is 1. The lowest BCUT2D eigenvalue weighted by molar-refractivity contribution is 0.0642. The summed E-state index contributed by atoms with van der Waals surface area (Å²) in [5.74, 6) is -0.913. The molecule has 10 heteroatoms. The summed E-state index contributed by atoms with van der Waals surface area (Å²) in [6.07, 6.45) is 1.46. The number of carbonyl (C=O) groups is 2. The molecule has 3 aromatic rings. The minimum atomic E-state index is -3.78. The van der Waals surface area contributed by atoms with E-state index in [-0.39, 0.29) is 22.0 Å². The maximum atomic E-state index is 12.6. The molecule has 1 N–H and O–H groups in total. The number of halogens is 1. The van der Waals surface area contributed by atoms with Crippen molar-refractivity contribution in [2.45, 2.75) is 10.8 Å². The first-order valence-electron chi connectivity index (χ1n) is 8.03. The summed E-state index contributed by atoms with van der Waals surface area (Å²) in [5, 5.41) is 0. The van der Waals surface area contributed by atoms with Crippen molar-refractivity contribution in [3.8, 4) is 0 Å². The minimum Gasteiger partial charge on any atom is -0.279 e. The number of pyridine rings is 1. The van der Waals surface area contributed by atoms with Crippen LogP contribution >= 0.6 is 27.3 Å². The molecule has 1 aliphatic rings. The average molecular weight is 478 g/mol. The Morgan fingerprint density at radius 3 is 2.64 bits per heavy atom. The molecule has 0 aliphatic carbocycles. The van der Waals surface area contributed by atoms with Crippen molar-refractivity contribution in [2.24, 2.45) is 0 Å². The van der Waals surface area contributed by atoms with Gasteiger partial charge in [-0.2, -0.15) is 0 Å². The number of hydrogen-bond donors (Lipinski definition) is 1. The summed E-state index contributed by atoms with van der Waals surface area (Å²) in [6, 6.07) is 13.0. The predicted octanol–water partition coefficient (Wildman–Crippen LogP) is 3.50. The molecule has 0 saturated carbocycles. The van der Waals surface area contributed by atoms with Crippen molar-refractivity contribution in [2.75, 3.05) is 4.72 Å². The molecular formula is C18H12BrN3O4S2. The van der Waals surface area contributed by atoms with Gasteiger partial charge in [0, 0.05) is 21.2 Å². The van der Waals surface area contributed by atoms with E-state index in [1.54, 1.807) is 42.5 Å². The number of carbonyl (C=O) groups excluding carboxylic acids is 2. The predicted molar refractivity (Wildman–Crippen MR) is 108 cm³/mol. The highest BCUT2D eigenvalue weighted by molar-refractivity contribution is 9.10. The standard InChI is InChI=1S/C18H12BrN3O4S2/c19-11-3-1-4-12(9-11)21-28(25,26)15-7-6-13(27-15)10-22-17(23)14-5-2-8-20-16(14)18(22)24/h1-9,21H,10H2. The lowest BCUT2D eigenvalue weighted by Crippen LogP contribution is -2.28. The van der Waals surface area contributed by atoms with Gasteiger partial charge in [-0.1, -0.05) is 22.0 Å². The Morgan fingerprint density at radius 2 is 1.89 bits per heavy atom. The zero-order chi connectivity index (χ0) is 19.9. The molecule has 3 heterocycles. The van der Waals surface area contributed by atoms with E-state index in [2.05, 4.69) is 25.6 Å². The first kappa shape index (κ1) is 18.8. The number of nitrogens with one attached hydrogen (secondary N) is 1. The monoisotopic (exact) mass is 477 g/mol. The maximum absolute atomic E-state index is 12.6. The molecule has 0 atom stereocenters. The van der Waals surface area contributed by atoms with Gasteiger partial charge in [-0.15, -0.1) is 11.3 Å². The number of aromatic nitrogens is 1. The molecule has 1 aromatic carbocycles. The normalized spacial score (nSPS) is 13.7. The number of fused-ring (bicyclic) bond motifs is 1. The van der Waals surface area contributed by atoms with Crippen molar-refractivity contribution < 1.29 is 18.0 Å². The highest BCUT2D eigenvalue weighted by Crippen LogP contribution is 2.28. The van der Waals surface area contributed by atoms with Crippen LogP contribution in [0.15, 0.2) is 63.4 Å². The summed E-state index contributed by atoms with van der Waals surface area (Å²) in [6.45, 7) is -0.00883. The lowest BCUT2D eigenvalue weighted by atomic mass is 10.2. The average Bonchev–Trinajstić information content (AvgIpc) is 3.22. The van der Waals surface area contributed by atoms with Gasteiger partial charge in [0.05, 0.1) is 12.1 Å². The second-order valence-corrected chi connectivity index (χ2v) is 9.93. The first-order chi connectivity index (χ1) is 13.3. The van der Waals surface area contributed by atoms with Crippen molar-refractivity contribution in [1.82, 2.24) is 9.88 Å². The van der Waals surface area contributed by atoms with Gasteiger partial charge in [-0.05, 0) is 42.5 Å². The van der Waals surface area contributed by atoms with E-state index < -0.39 is 21.8 Å². The molecule has 2 aromatic heterocycles. The van der Waals surface area contributed by atoms with Gasteiger partial charge in [0.25, 0.3) is 21.8 Å².